The van der Waals surface area contributed by atoms with Crippen molar-refractivity contribution in [3.05, 3.63) is 42.0 Å². The Bertz CT molecular complexity index is 944. The number of hydrogen-bond donors (Lipinski definition) is 1. The van der Waals surface area contributed by atoms with Gasteiger partial charge in [0.2, 0.25) is 15.8 Å². The van der Waals surface area contributed by atoms with Crippen molar-refractivity contribution >= 4 is 21.6 Å². The predicted molar refractivity (Wildman–Crippen MR) is 115 cm³/mol. The fraction of sp³-hybridized carbons (Fsp3) is 0.381. The van der Waals surface area contributed by atoms with Gasteiger partial charge in [-0.05, 0) is 57.2 Å². The molecule has 2 aromatic rings. The molecule has 0 saturated carbocycles. The number of sulfonamides is 1. The van der Waals surface area contributed by atoms with Gasteiger partial charge in [-0.2, -0.15) is 0 Å². The van der Waals surface area contributed by atoms with E-state index in [1.54, 1.807) is 12.1 Å². The molecule has 0 fully saturated rings. The summed E-state index contributed by atoms with van der Waals surface area (Å²) in [6.45, 7) is 6.76. The molecule has 0 bridgehead atoms. The maximum Gasteiger partial charge on any atom is 0.255 e. The summed E-state index contributed by atoms with van der Waals surface area (Å²) in [5.74, 6) is 0.907. The minimum Gasteiger partial charge on any atom is -0.490 e. The lowest BCUT2D eigenvalue weighted by molar-refractivity contribution is 0.102. The molecule has 0 spiro atoms. The summed E-state index contributed by atoms with van der Waals surface area (Å²) in [6, 6.07) is 9.15. The summed E-state index contributed by atoms with van der Waals surface area (Å²) in [5.41, 5.74) is 0.790. The van der Waals surface area contributed by atoms with Crippen LogP contribution in [0.15, 0.2) is 41.3 Å². The van der Waals surface area contributed by atoms with Crippen molar-refractivity contribution in [2.75, 3.05) is 39.2 Å². The molecule has 0 aromatic heterocycles. The summed E-state index contributed by atoms with van der Waals surface area (Å²) in [5, 5.41) is 2.76. The van der Waals surface area contributed by atoms with E-state index >= 15 is 0 Å². The zero-order valence-electron chi connectivity index (χ0n) is 17.9. The zero-order chi connectivity index (χ0) is 22.3. The smallest absolute Gasteiger partial charge is 0.255 e. The van der Waals surface area contributed by atoms with E-state index in [2.05, 4.69) is 5.32 Å². The number of ether oxygens (including phenoxy) is 3. The molecule has 9 heteroatoms. The highest BCUT2D eigenvalue weighted by atomic mass is 32.2. The first kappa shape index (κ1) is 23.5. The molecule has 1 amide bonds. The largest absolute Gasteiger partial charge is 0.490 e. The first-order valence-corrected chi connectivity index (χ1v) is 11.1. The monoisotopic (exact) mass is 436 g/mol. The van der Waals surface area contributed by atoms with E-state index in [9.17, 15) is 13.2 Å². The van der Waals surface area contributed by atoms with Crippen LogP contribution >= 0.6 is 0 Å². The Kier molecular flexibility index (Phi) is 8.08. The van der Waals surface area contributed by atoms with E-state index in [4.69, 9.17) is 14.2 Å². The van der Waals surface area contributed by atoms with E-state index in [1.807, 2.05) is 20.8 Å². The lowest BCUT2D eigenvalue weighted by atomic mass is 10.1. The summed E-state index contributed by atoms with van der Waals surface area (Å²) >= 11 is 0. The van der Waals surface area contributed by atoms with Gasteiger partial charge in [0, 0.05) is 25.3 Å². The Balaban J connectivity index is 2.32. The van der Waals surface area contributed by atoms with Gasteiger partial charge >= 0.3 is 0 Å². The number of amides is 1. The molecule has 2 aromatic carbocycles. The standard InChI is InChI=1S/C21H28N2O6S/c1-6-27-18-13-15(14-19(28-7-2)20(18)29-8-3)21(24)22-16-9-11-17(12-10-16)30(25,26)23(4)5/h9-14H,6-8H2,1-5H3,(H,22,24). The van der Waals surface area contributed by atoms with Crippen molar-refractivity contribution in [1.82, 2.24) is 4.31 Å². The number of benzene rings is 2. The molecule has 0 aliphatic heterocycles. The van der Waals surface area contributed by atoms with Crippen LogP contribution in [0.1, 0.15) is 31.1 Å². The van der Waals surface area contributed by atoms with Crippen LogP contribution in [0, 0.1) is 0 Å². The number of carbonyl (C=O) groups excluding carboxylic acids is 1. The maximum absolute atomic E-state index is 12.8. The third-order valence-electron chi connectivity index (χ3n) is 4.06. The highest BCUT2D eigenvalue weighted by Gasteiger charge is 2.19. The van der Waals surface area contributed by atoms with Crippen LogP contribution in [0.4, 0.5) is 5.69 Å². The number of nitrogens with zero attached hydrogens (tertiary/aromatic N) is 1. The van der Waals surface area contributed by atoms with E-state index in [0.29, 0.717) is 48.3 Å². The minimum absolute atomic E-state index is 0.142. The molecule has 0 aliphatic rings. The Morgan fingerprint density at radius 3 is 1.83 bits per heavy atom. The normalized spacial score (nSPS) is 11.3. The van der Waals surface area contributed by atoms with Crippen LogP contribution in [0.25, 0.3) is 0 Å². The SMILES string of the molecule is CCOc1cc(C(=O)Nc2ccc(S(=O)(=O)N(C)C)cc2)cc(OCC)c1OCC. The van der Waals surface area contributed by atoms with Gasteiger partial charge in [-0.15, -0.1) is 0 Å². The van der Waals surface area contributed by atoms with Gasteiger partial charge < -0.3 is 19.5 Å². The van der Waals surface area contributed by atoms with Crippen LogP contribution < -0.4 is 19.5 Å². The van der Waals surface area contributed by atoms with Gasteiger partial charge in [0.1, 0.15) is 0 Å². The van der Waals surface area contributed by atoms with Crippen molar-refractivity contribution in [3.8, 4) is 17.2 Å². The molecule has 0 unspecified atom stereocenters. The lowest BCUT2D eigenvalue weighted by Crippen LogP contribution is -2.22. The van der Waals surface area contributed by atoms with Gasteiger partial charge in [0.25, 0.3) is 5.91 Å². The van der Waals surface area contributed by atoms with Crippen molar-refractivity contribution in [2.24, 2.45) is 0 Å². The second-order valence-corrected chi connectivity index (χ2v) is 8.52. The van der Waals surface area contributed by atoms with Gasteiger partial charge in [-0.3, -0.25) is 4.79 Å². The van der Waals surface area contributed by atoms with Gasteiger partial charge in [0.05, 0.1) is 24.7 Å². The Labute approximate surface area is 177 Å². The molecule has 0 heterocycles. The number of carbonyl (C=O) groups is 1. The van der Waals surface area contributed by atoms with Crippen LogP contribution in [-0.2, 0) is 10.0 Å². The first-order valence-electron chi connectivity index (χ1n) is 9.64. The quantitative estimate of drug-likeness (QED) is 0.614. The zero-order valence-corrected chi connectivity index (χ0v) is 18.7. The number of nitrogens with one attached hydrogen (secondary N) is 1. The Hall–Kier alpha value is -2.78. The molecule has 0 aliphatic carbocycles. The molecule has 8 nitrogen and oxygen atoms in total. The third kappa shape index (κ3) is 5.43. The molecule has 1 N–H and O–H groups in total. The third-order valence-corrected chi connectivity index (χ3v) is 5.89. The molecule has 164 valence electrons. The second kappa shape index (κ2) is 10.3. The fourth-order valence-electron chi connectivity index (χ4n) is 2.64. The van der Waals surface area contributed by atoms with Crippen molar-refractivity contribution in [3.63, 3.8) is 0 Å². The van der Waals surface area contributed by atoms with Crippen LogP contribution in [0.3, 0.4) is 0 Å². The van der Waals surface area contributed by atoms with Gasteiger partial charge in [0.15, 0.2) is 11.5 Å². The van der Waals surface area contributed by atoms with Gasteiger partial charge in [-0.1, -0.05) is 0 Å². The molecular formula is C21H28N2O6S. The predicted octanol–water partition coefficient (Wildman–Crippen LogP) is 3.39. The van der Waals surface area contributed by atoms with E-state index in [1.165, 1.54) is 38.4 Å². The molecule has 0 atom stereocenters. The highest BCUT2D eigenvalue weighted by Crippen LogP contribution is 2.39. The van der Waals surface area contributed by atoms with Gasteiger partial charge in [-0.25, -0.2) is 12.7 Å². The molecule has 0 saturated heterocycles. The number of hydrogen-bond acceptors (Lipinski definition) is 6. The Morgan fingerprint density at radius 2 is 1.40 bits per heavy atom. The summed E-state index contributed by atoms with van der Waals surface area (Å²) in [7, 11) is -0.612. The fourth-order valence-corrected chi connectivity index (χ4v) is 3.55. The first-order chi connectivity index (χ1) is 14.2. The highest BCUT2D eigenvalue weighted by molar-refractivity contribution is 7.89. The van der Waals surface area contributed by atoms with Crippen LogP contribution in [-0.4, -0.2) is 52.5 Å². The average Bonchev–Trinajstić information content (AvgIpc) is 2.70. The minimum atomic E-state index is -3.53. The average molecular weight is 437 g/mol. The van der Waals surface area contributed by atoms with E-state index < -0.39 is 10.0 Å². The maximum atomic E-state index is 12.8. The number of anilines is 1. The van der Waals surface area contributed by atoms with Crippen molar-refractivity contribution in [1.29, 1.82) is 0 Å². The topological polar surface area (TPSA) is 94.2 Å². The molecule has 2 rings (SSSR count). The Morgan fingerprint density at radius 1 is 0.900 bits per heavy atom. The molecular weight excluding hydrogens is 408 g/mol. The summed E-state index contributed by atoms with van der Waals surface area (Å²) in [4.78, 5) is 12.9. The van der Waals surface area contributed by atoms with E-state index in [-0.39, 0.29) is 10.8 Å². The lowest BCUT2D eigenvalue weighted by Gasteiger charge is -2.17. The van der Waals surface area contributed by atoms with Crippen molar-refractivity contribution < 1.29 is 27.4 Å². The van der Waals surface area contributed by atoms with Crippen molar-refractivity contribution in [2.45, 2.75) is 25.7 Å². The second-order valence-electron chi connectivity index (χ2n) is 6.37. The van der Waals surface area contributed by atoms with Crippen LogP contribution in [0.2, 0.25) is 0 Å². The summed E-state index contributed by atoms with van der Waals surface area (Å²) in [6.07, 6.45) is 0. The molecule has 0 radical (unpaired) electrons. The number of rotatable bonds is 10. The summed E-state index contributed by atoms with van der Waals surface area (Å²) < 4.78 is 42.4. The molecule has 30 heavy (non-hydrogen) atoms. The van der Waals surface area contributed by atoms with E-state index in [0.717, 1.165) is 4.31 Å². The van der Waals surface area contributed by atoms with Crippen LogP contribution in [0.5, 0.6) is 17.2 Å².